The highest BCUT2D eigenvalue weighted by Crippen LogP contribution is 2.19. The molecule has 160 valence electrons. The van der Waals surface area contributed by atoms with Crippen LogP contribution >= 0.6 is 24.0 Å². The number of alkyl halides is 3. The Kier molecular flexibility index (Phi) is 10.8. The third kappa shape index (κ3) is 9.35. The summed E-state index contributed by atoms with van der Waals surface area (Å²) >= 11 is 0. The first-order valence-electron chi connectivity index (χ1n) is 8.80. The maximum Gasteiger partial charge on any atom is 0.422 e. The Labute approximate surface area is 185 Å². The van der Waals surface area contributed by atoms with E-state index in [4.69, 9.17) is 0 Å². The van der Waals surface area contributed by atoms with E-state index < -0.39 is 12.8 Å². The number of nitrogens with one attached hydrogen (secondary N) is 2. The highest BCUT2D eigenvalue weighted by molar-refractivity contribution is 14.0. The van der Waals surface area contributed by atoms with Crippen LogP contribution in [-0.4, -0.2) is 44.0 Å². The molecular formula is C20H25F3IN3O2. The molecule has 29 heavy (non-hydrogen) atoms. The molecule has 0 aliphatic heterocycles. The molecule has 5 nitrogen and oxygen atoms in total. The van der Waals surface area contributed by atoms with Gasteiger partial charge in [0.25, 0.3) is 0 Å². The van der Waals surface area contributed by atoms with Gasteiger partial charge in [0, 0.05) is 26.1 Å². The topological polar surface area (TPSA) is 65.9 Å². The van der Waals surface area contributed by atoms with E-state index in [1.165, 1.54) is 12.1 Å². The molecule has 0 saturated heterocycles. The van der Waals surface area contributed by atoms with Gasteiger partial charge in [0.05, 0.1) is 6.61 Å². The molecule has 0 fully saturated rings. The molecule has 2 aromatic rings. The summed E-state index contributed by atoms with van der Waals surface area (Å²) in [6.07, 6.45) is -4.36. The predicted molar refractivity (Wildman–Crippen MR) is 118 cm³/mol. The average Bonchev–Trinajstić information content (AvgIpc) is 2.70. The molecule has 0 aromatic heterocycles. The molecular weight excluding hydrogens is 498 g/mol. The summed E-state index contributed by atoms with van der Waals surface area (Å²) < 4.78 is 41.2. The summed E-state index contributed by atoms with van der Waals surface area (Å²) in [6, 6.07) is 16.1. The zero-order valence-electron chi connectivity index (χ0n) is 15.9. The van der Waals surface area contributed by atoms with E-state index in [1.807, 2.05) is 30.3 Å². The van der Waals surface area contributed by atoms with Gasteiger partial charge in [0.2, 0.25) is 0 Å². The quantitative estimate of drug-likeness (QED) is 0.281. The first-order chi connectivity index (χ1) is 13.4. The van der Waals surface area contributed by atoms with Gasteiger partial charge in [-0.15, -0.1) is 24.0 Å². The monoisotopic (exact) mass is 523 g/mol. The van der Waals surface area contributed by atoms with E-state index in [1.54, 1.807) is 19.2 Å². The number of hydrogen-bond donors (Lipinski definition) is 3. The normalized spacial score (nSPS) is 12.7. The number of rotatable bonds is 8. The van der Waals surface area contributed by atoms with Gasteiger partial charge in [-0.1, -0.05) is 42.5 Å². The lowest BCUT2D eigenvalue weighted by atomic mass is 10.0. The van der Waals surface area contributed by atoms with Gasteiger partial charge in [-0.25, -0.2) is 0 Å². The highest BCUT2D eigenvalue weighted by Gasteiger charge is 2.28. The van der Waals surface area contributed by atoms with Crippen molar-refractivity contribution < 1.29 is 23.0 Å². The van der Waals surface area contributed by atoms with Crippen molar-refractivity contribution in [2.75, 3.05) is 26.8 Å². The molecule has 0 spiro atoms. The van der Waals surface area contributed by atoms with Crippen molar-refractivity contribution in [2.24, 2.45) is 4.99 Å². The Morgan fingerprint density at radius 2 is 1.72 bits per heavy atom. The second-order valence-corrected chi connectivity index (χ2v) is 6.14. The SMILES string of the molecule is CN=C(NCc1ccc(OCC(F)(F)F)cc1)NCC(CO)c1ccccc1.I. The van der Waals surface area contributed by atoms with Gasteiger partial charge in [0.15, 0.2) is 12.6 Å². The third-order valence-electron chi connectivity index (χ3n) is 4.02. The summed E-state index contributed by atoms with van der Waals surface area (Å²) in [5, 5.41) is 15.9. The lowest BCUT2D eigenvalue weighted by Gasteiger charge is -2.18. The van der Waals surface area contributed by atoms with Crippen LogP contribution in [0.1, 0.15) is 17.0 Å². The Balaban J connectivity index is 0.00000420. The Morgan fingerprint density at radius 1 is 1.07 bits per heavy atom. The molecule has 0 aliphatic rings. The van der Waals surface area contributed by atoms with Crippen molar-refractivity contribution >= 4 is 29.9 Å². The maximum atomic E-state index is 12.2. The number of nitrogens with zero attached hydrogens (tertiary/aromatic N) is 1. The first-order valence-corrected chi connectivity index (χ1v) is 8.80. The predicted octanol–water partition coefficient (Wildman–Crippen LogP) is 3.69. The number of aliphatic hydroxyl groups is 1. The Hall–Kier alpha value is -2.01. The number of aliphatic hydroxyl groups excluding tert-OH is 1. The molecule has 0 heterocycles. The van der Waals surface area contributed by atoms with Crippen LogP contribution in [-0.2, 0) is 6.54 Å². The lowest BCUT2D eigenvalue weighted by Crippen LogP contribution is -2.39. The molecule has 1 atom stereocenters. The van der Waals surface area contributed by atoms with E-state index in [0.29, 0.717) is 19.0 Å². The molecule has 0 amide bonds. The summed E-state index contributed by atoms with van der Waals surface area (Å²) in [5.74, 6) is 0.661. The van der Waals surface area contributed by atoms with Crippen molar-refractivity contribution in [3.05, 3.63) is 65.7 Å². The maximum absolute atomic E-state index is 12.2. The van der Waals surface area contributed by atoms with Crippen molar-refractivity contribution in [1.29, 1.82) is 0 Å². The Morgan fingerprint density at radius 3 is 2.28 bits per heavy atom. The fourth-order valence-corrected chi connectivity index (χ4v) is 2.51. The van der Waals surface area contributed by atoms with Gasteiger partial charge in [0.1, 0.15) is 5.75 Å². The van der Waals surface area contributed by atoms with Crippen LogP contribution in [0.3, 0.4) is 0 Å². The van der Waals surface area contributed by atoms with E-state index >= 15 is 0 Å². The standard InChI is InChI=1S/C20H24F3N3O2.HI/c1-24-19(26-12-17(13-27)16-5-3-2-4-6-16)25-11-15-7-9-18(10-8-15)28-14-20(21,22)23;/h2-10,17,27H,11-14H2,1H3,(H2,24,25,26);1H. The second-order valence-electron chi connectivity index (χ2n) is 6.14. The van der Waals surface area contributed by atoms with E-state index in [9.17, 15) is 18.3 Å². The van der Waals surface area contributed by atoms with Crippen LogP contribution in [0.2, 0.25) is 0 Å². The molecule has 0 radical (unpaired) electrons. The van der Waals surface area contributed by atoms with Gasteiger partial charge in [-0.2, -0.15) is 13.2 Å². The van der Waals surface area contributed by atoms with Crippen molar-refractivity contribution in [3.8, 4) is 5.75 Å². The molecule has 0 bridgehead atoms. The van der Waals surface area contributed by atoms with Crippen LogP contribution in [0.5, 0.6) is 5.75 Å². The van der Waals surface area contributed by atoms with Gasteiger partial charge in [-0.3, -0.25) is 4.99 Å². The molecule has 0 saturated carbocycles. The minimum atomic E-state index is -4.36. The van der Waals surface area contributed by atoms with Crippen LogP contribution in [0.25, 0.3) is 0 Å². The van der Waals surface area contributed by atoms with E-state index in [0.717, 1.165) is 11.1 Å². The van der Waals surface area contributed by atoms with Gasteiger partial charge < -0.3 is 20.5 Å². The number of hydrogen-bond acceptors (Lipinski definition) is 3. The zero-order valence-corrected chi connectivity index (χ0v) is 18.3. The smallest absolute Gasteiger partial charge is 0.422 e. The van der Waals surface area contributed by atoms with Gasteiger partial charge in [-0.05, 0) is 23.3 Å². The number of halogens is 4. The van der Waals surface area contributed by atoms with E-state index in [2.05, 4.69) is 20.4 Å². The second kappa shape index (κ2) is 12.5. The van der Waals surface area contributed by atoms with Crippen LogP contribution in [0, 0.1) is 0 Å². The fourth-order valence-electron chi connectivity index (χ4n) is 2.51. The summed E-state index contributed by atoms with van der Waals surface area (Å²) in [5.41, 5.74) is 1.89. The minimum Gasteiger partial charge on any atom is -0.484 e. The molecule has 2 aromatic carbocycles. The van der Waals surface area contributed by atoms with Crippen LogP contribution < -0.4 is 15.4 Å². The molecule has 0 aliphatic carbocycles. The molecule has 2 rings (SSSR count). The minimum absolute atomic E-state index is 0. The first kappa shape index (κ1) is 25.0. The number of benzene rings is 2. The van der Waals surface area contributed by atoms with Crippen molar-refractivity contribution in [3.63, 3.8) is 0 Å². The number of aliphatic imine (C=N–C) groups is 1. The third-order valence-corrected chi connectivity index (χ3v) is 4.02. The fraction of sp³-hybridized carbons (Fsp3) is 0.350. The average molecular weight is 523 g/mol. The van der Waals surface area contributed by atoms with Crippen LogP contribution in [0.4, 0.5) is 13.2 Å². The zero-order chi connectivity index (χ0) is 20.4. The van der Waals surface area contributed by atoms with Crippen molar-refractivity contribution in [2.45, 2.75) is 18.6 Å². The number of guanidine groups is 1. The molecule has 1 unspecified atom stereocenters. The molecule has 3 N–H and O–H groups in total. The Bertz CT molecular complexity index is 741. The van der Waals surface area contributed by atoms with E-state index in [-0.39, 0.29) is 42.3 Å². The highest BCUT2D eigenvalue weighted by atomic mass is 127. The van der Waals surface area contributed by atoms with Crippen molar-refractivity contribution in [1.82, 2.24) is 10.6 Å². The summed E-state index contributed by atoms with van der Waals surface area (Å²) in [4.78, 5) is 4.14. The number of ether oxygens (including phenoxy) is 1. The summed E-state index contributed by atoms with van der Waals surface area (Å²) in [7, 11) is 1.64. The summed E-state index contributed by atoms with van der Waals surface area (Å²) in [6.45, 7) is -0.360. The lowest BCUT2D eigenvalue weighted by molar-refractivity contribution is -0.153. The van der Waals surface area contributed by atoms with Crippen LogP contribution in [0.15, 0.2) is 59.6 Å². The van der Waals surface area contributed by atoms with Gasteiger partial charge >= 0.3 is 6.18 Å². The molecule has 9 heteroatoms. The largest absolute Gasteiger partial charge is 0.484 e.